The van der Waals surface area contributed by atoms with Gasteiger partial charge >= 0.3 is 8.60 Å². The van der Waals surface area contributed by atoms with Crippen LogP contribution in [0.25, 0.3) is 0 Å². The van der Waals surface area contributed by atoms with Gasteiger partial charge in [0, 0.05) is 0 Å². The molecule has 0 spiro atoms. The number of hydrogen-bond acceptors (Lipinski definition) is 3. The Kier molecular flexibility index (Phi) is 12.3. The SMILES string of the molecule is CCC(C)(C)c1ccc(OP(Oc2ccc(C(C)(C)CC)cc2)Oc2ccccc2CC(CC(C)C(C)(C)C)C(C)(C)C)cc1. The number of hydrogen-bond donors (Lipinski definition) is 0. The zero-order valence-corrected chi connectivity index (χ0v) is 31.5. The fraction of sp³-hybridized carbons (Fsp3) is 0.561. The minimum absolute atomic E-state index is 0.108. The molecule has 0 aliphatic heterocycles. The minimum atomic E-state index is -1.78. The molecule has 2 atom stereocenters. The molecule has 0 saturated carbocycles. The molecular weight excluding hydrogens is 571 g/mol. The van der Waals surface area contributed by atoms with Crippen molar-refractivity contribution in [3.63, 3.8) is 0 Å². The molecule has 0 bridgehead atoms. The van der Waals surface area contributed by atoms with Gasteiger partial charge in [0.05, 0.1) is 0 Å². The molecule has 0 heterocycles. The molecule has 3 nitrogen and oxygen atoms in total. The van der Waals surface area contributed by atoms with Gasteiger partial charge in [-0.25, -0.2) is 0 Å². The van der Waals surface area contributed by atoms with E-state index in [1.54, 1.807) is 0 Å². The molecule has 0 radical (unpaired) electrons. The molecule has 0 saturated heterocycles. The minimum Gasteiger partial charge on any atom is -0.409 e. The summed E-state index contributed by atoms with van der Waals surface area (Å²) in [5.74, 6) is 3.40. The molecule has 0 aliphatic rings. The fourth-order valence-corrected chi connectivity index (χ4v) is 6.24. The molecule has 4 heteroatoms. The summed E-state index contributed by atoms with van der Waals surface area (Å²) < 4.78 is 19.7. The molecular formula is C41H61O3P. The Balaban J connectivity index is 1.93. The van der Waals surface area contributed by atoms with E-state index < -0.39 is 8.60 Å². The molecule has 248 valence electrons. The third kappa shape index (κ3) is 10.5. The second kappa shape index (κ2) is 14.9. The second-order valence-electron chi connectivity index (χ2n) is 16.4. The van der Waals surface area contributed by atoms with Gasteiger partial charge in [-0.05, 0) is 106 Å². The first-order chi connectivity index (χ1) is 20.9. The molecule has 0 amide bonds. The predicted molar refractivity (Wildman–Crippen MR) is 195 cm³/mol. The lowest BCUT2D eigenvalue weighted by Gasteiger charge is -2.37. The number of para-hydroxylation sites is 1. The van der Waals surface area contributed by atoms with Crippen LogP contribution in [0.2, 0.25) is 0 Å². The van der Waals surface area contributed by atoms with Gasteiger partial charge in [0.15, 0.2) is 0 Å². The molecule has 0 aliphatic carbocycles. The Morgan fingerprint density at radius 1 is 0.578 bits per heavy atom. The first kappa shape index (κ1) is 37.0. The molecule has 3 aromatic rings. The topological polar surface area (TPSA) is 27.7 Å². The molecule has 0 fully saturated rings. The van der Waals surface area contributed by atoms with Crippen LogP contribution in [-0.4, -0.2) is 0 Å². The van der Waals surface area contributed by atoms with Crippen LogP contribution in [0.5, 0.6) is 17.2 Å². The largest absolute Gasteiger partial charge is 0.530 e. The summed E-state index contributed by atoms with van der Waals surface area (Å²) in [6, 6.07) is 25.2. The Hall–Kier alpha value is -2.51. The van der Waals surface area contributed by atoms with E-state index in [1.165, 1.54) is 16.7 Å². The van der Waals surface area contributed by atoms with Gasteiger partial charge in [0.2, 0.25) is 0 Å². The first-order valence-electron chi connectivity index (χ1n) is 17.0. The van der Waals surface area contributed by atoms with Crippen molar-refractivity contribution in [3.8, 4) is 17.2 Å². The van der Waals surface area contributed by atoms with Gasteiger partial charge in [-0.3, -0.25) is 0 Å². The molecule has 0 aromatic heterocycles. The van der Waals surface area contributed by atoms with Crippen LogP contribution in [0.4, 0.5) is 0 Å². The maximum Gasteiger partial charge on any atom is 0.530 e. The van der Waals surface area contributed by atoms with Gasteiger partial charge in [-0.1, -0.05) is 132 Å². The zero-order valence-electron chi connectivity index (χ0n) is 30.6. The Bertz CT molecular complexity index is 1270. The van der Waals surface area contributed by atoms with Crippen LogP contribution in [0.15, 0.2) is 72.8 Å². The van der Waals surface area contributed by atoms with E-state index in [-0.39, 0.29) is 21.7 Å². The van der Waals surface area contributed by atoms with E-state index in [9.17, 15) is 0 Å². The van der Waals surface area contributed by atoms with Gasteiger partial charge in [0.25, 0.3) is 0 Å². The van der Waals surface area contributed by atoms with Gasteiger partial charge in [-0.15, -0.1) is 0 Å². The van der Waals surface area contributed by atoms with Crippen LogP contribution < -0.4 is 13.6 Å². The van der Waals surface area contributed by atoms with E-state index in [2.05, 4.69) is 132 Å². The molecule has 45 heavy (non-hydrogen) atoms. The van der Waals surface area contributed by atoms with Crippen molar-refractivity contribution in [3.05, 3.63) is 89.5 Å². The van der Waals surface area contributed by atoms with E-state index in [4.69, 9.17) is 13.6 Å². The van der Waals surface area contributed by atoms with E-state index >= 15 is 0 Å². The first-order valence-corrected chi connectivity index (χ1v) is 18.1. The Labute approximate surface area is 277 Å². The highest BCUT2D eigenvalue weighted by atomic mass is 31.2. The summed E-state index contributed by atoms with van der Waals surface area (Å²) in [5.41, 5.74) is 4.42. The van der Waals surface area contributed by atoms with Crippen molar-refractivity contribution in [2.24, 2.45) is 22.7 Å². The maximum atomic E-state index is 6.70. The second-order valence-corrected chi connectivity index (χ2v) is 17.4. The van der Waals surface area contributed by atoms with Crippen LogP contribution in [0.3, 0.4) is 0 Å². The highest BCUT2D eigenvalue weighted by molar-refractivity contribution is 7.43. The average molecular weight is 633 g/mol. The molecule has 3 aromatic carbocycles. The summed E-state index contributed by atoms with van der Waals surface area (Å²) >= 11 is 0. The maximum absolute atomic E-state index is 6.70. The van der Waals surface area contributed by atoms with Crippen molar-refractivity contribution in [2.45, 2.75) is 127 Å². The predicted octanol–water partition coefficient (Wildman–Crippen LogP) is 13.1. The van der Waals surface area contributed by atoms with Crippen molar-refractivity contribution in [1.29, 1.82) is 0 Å². The molecule has 3 rings (SSSR count). The number of benzene rings is 3. The summed E-state index contributed by atoms with van der Waals surface area (Å²) in [6.45, 7) is 30.1. The van der Waals surface area contributed by atoms with Gasteiger partial charge in [-0.2, -0.15) is 0 Å². The third-order valence-electron chi connectivity index (χ3n) is 10.4. The van der Waals surface area contributed by atoms with Crippen LogP contribution in [0, 0.1) is 22.7 Å². The summed E-state index contributed by atoms with van der Waals surface area (Å²) in [4.78, 5) is 0. The zero-order chi connectivity index (χ0) is 33.6. The van der Waals surface area contributed by atoms with Crippen molar-refractivity contribution >= 4 is 8.60 Å². The fourth-order valence-electron chi connectivity index (χ4n) is 5.20. The van der Waals surface area contributed by atoms with Crippen LogP contribution in [-0.2, 0) is 17.3 Å². The standard InChI is InChI=1S/C41H61O3P/c1-14-40(10,11)32-20-24-35(25-21-32)42-45(43-36-26-22-33(23-27-36)41(12,13)15-2)44-37-19-17-16-18-31(37)29-34(39(7,8)9)28-30(3)38(4,5)6/h16-27,30,34H,14-15,28-29H2,1-13H3. The van der Waals surface area contributed by atoms with Gasteiger partial charge in [0.1, 0.15) is 17.2 Å². The lowest BCUT2D eigenvalue weighted by molar-refractivity contribution is 0.143. The highest BCUT2D eigenvalue weighted by Gasteiger charge is 2.32. The smallest absolute Gasteiger partial charge is 0.409 e. The Morgan fingerprint density at radius 2 is 1.02 bits per heavy atom. The van der Waals surface area contributed by atoms with E-state index in [0.717, 1.165) is 42.9 Å². The van der Waals surface area contributed by atoms with E-state index in [1.807, 2.05) is 30.3 Å². The summed E-state index contributed by atoms with van der Waals surface area (Å²) in [5, 5.41) is 0. The lowest BCUT2D eigenvalue weighted by atomic mass is 9.68. The van der Waals surface area contributed by atoms with Crippen molar-refractivity contribution in [2.75, 3.05) is 0 Å². The summed E-state index contributed by atoms with van der Waals surface area (Å²) in [6.07, 6.45) is 4.23. The Morgan fingerprint density at radius 3 is 1.42 bits per heavy atom. The quantitative estimate of drug-likeness (QED) is 0.166. The number of rotatable bonds is 14. The molecule has 0 N–H and O–H groups in total. The lowest BCUT2D eigenvalue weighted by Crippen LogP contribution is -2.29. The third-order valence-corrected chi connectivity index (χ3v) is 11.4. The monoisotopic (exact) mass is 632 g/mol. The van der Waals surface area contributed by atoms with E-state index in [0.29, 0.717) is 11.8 Å². The van der Waals surface area contributed by atoms with Gasteiger partial charge < -0.3 is 13.6 Å². The van der Waals surface area contributed by atoms with Crippen LogP contribution in [0.1, 0.15) is 126 Å². The van der Waals surface area contributed by atoms with Crippen molar-refractivity contribution < 1.29 is 13.6 Å². The van der Waals surface area contributed by atoms with Crippen LogP contribution >= 0.6 is 8.60 Å². The average Bonchev–Trinajstić information content (AvgIpc) is 2.97. The van der Waals surface area contributed by atoms with Crippen molar-refractivity contribution in [1.82, 2.24) is 0 Å². The molecule has 2 unspecified atom stereocenters. The summed E-state index contributed by atoms with van der Waals surface area (Å²) in [7, 11) is -1.78. The highest BCUT2D eigenvalue weighted by Crippen LogP contribution is 2.46. The normalized spacial score (nSPS) is 14.3.